The van der Waals surface area contributed by atoms with Crippen molar-refractivity contribution in [3.63, 3.8) is 0 Å². The summed E-state index contributed by atoms with van der Waals surface area (Å²) in [5.41, 5.74) is -0.111. The molecule has 0 bridgehead atoms. The fourth-order valence-corrected chi connectivity index (χ4v) is 2.92. The van der Waals surface area contributed by atoms with E-state index >= 15 is 0 Å². The van der Waals surface area contributed by atoms with Gasteiger partial charge in [-0.2, -0.15) is 0 Å². The zero-order valence-electron chi connectivity index (χ0n) is 13.4. The largest absolute Gasteiger partial charge is 0.422 e. The molecule has 27 heavy (non-hydrogen) atoms. The first-order chi connectivity index (χ1) is 13.0. The minimum atomic E-state index is -0.772. The van der Waals surface area contributed by atoms with Gasteiger partial charge < -0.3 is 8.83 Å². The second-order valence-electron chi connectivity index (χ2n) is 5.48. The lowest BCUT2D eigenvalue weighted by Gasteiger charge is -2.02. The van der Waals surface area contributed by atoms with E-state index in [-0.39, 0.29) is 17.5 Å². The van der Waals surface area contributed by atoms with Crippen LogP contribution < -0.4 is 10.9 Å². The maximum atomic E-state index is 12.4. The van der Waals surface area contributed by atoms with Gasteiger partial charge in [0.15, 0.2) is 0 Å². The number of fused-ring (bicyclic) bond motifs is 1. The first kappa shape index (κ1) is 17.3. The Morgan fingerprint density at radius 2 is 1.81 bits per heavy atom. The van der Waals surface area contributed by atoms with Gasteiger partial charge in [0.2, 0.25) is 0 Å². The lowest BCUT2D eigenvalue weighted by Crippen LogP contribution is -2.20. The topological polar surface area (TPSA) is 98.2 Å². The van der Waals surface area contributed by atoms with Gasteiger partial charge >= 0.3 is 11.6 Å². The van der Waals surface area contributed by atoms with Crippen molar-refractivity contribution in [1.29, 1.82) is 0 Å². The van der Waals surface area contributed by atoms with Gasteiger partial charge in [-0.1, -0.05) is 46.5 Å². The smallest absolute Gasteiger partial charge is 0.349 e. The summed E-state index contributed by atoms with van der Waals surface area (Å²) in [7, 11) is 0. The van der Waals surface area contributed by atoms with Crippen LogP contribution in [0, 0.1) is 0 Å². The number of hydrogen-bond acceptors (Lipinski definition) is 6. The van der Waals surface area contributed by atoms with Crippen molar-refractivity contribution in [3.05, 3.63) is 74.6 Å². The van der Waals surface area contributed by atoms with Gasteiger partial charge in [-0.15, -0.1) is 5.10 Å². The quantitative estimate of drug-likeness (QED) is 0.510. The molecule has 0 unspecified atom stereocenters. The highest BCUT2D eigenvalue weighted by Gasteiger charge is 2.18. The minimum absolute atomic E-state index is 0.0949. The molecular formula is C18H9Cl2N3O4. The Morgan fingerprint density at radius 3 is 2.63 bits per heavy atom. The number of aromatic nitrogens is 2. The van der Waals surface area contributed by atoms with E-state index in [1.54, 1.807) is 36.4 Å². The van der Waals surface area contributed by atoms with Crippen molar-refractivity contribution < 1.29 is 13.6 Å². The molecule has 0 aliphatic rings. The molecule has 2 aromatic carbocycles. The SMILES string of the molecule is O=C(Nc1nnc(-c2ccc(Cl)cc2Cl)o1)c1cc2ccccc2oc1=O. The molecule has 1 amide bonds. The van der Waals surface area contributed by atoms with Crippen LogP contribution in [0.2, 0.25) is 10.0 Å². The van der Waals surface area contributed by atoms with Gasteiger partial charge in [0.25, 0.3) is 11.8 Å². The first-order valence-corrected chi connectivity index (χ1v) is 8.40. The van der Waals surface area contributed by atoms with Crippen LogP contribution in [-0.4, -0.2) is 16.1 Å². The van der Waals surface area contributed by atoms with Crippen molar-refractivity contribution in [2.45, 2.75) is 0 Å². The monoisotopic (exact) mass is 401 g/mol. The molecule has 2 aromatic heterocycles. The number of benzene rings is 2. The third kappa shape index (κ3) is 3.42. The summed E-state index contributed by atoms with van der Waals surface area (Å²) in [6.07, 6.45) is 0. The highest BCUT2D eigenvalue weighted by Crippen LogP contribution is 2.30. The fraction of sp³-hybridized carbons (Fsp3) is 0. The number of hydrogen-bond donors (Lipinski definition) is 1. The third-order valence-corrected chi connectivity index (χ3v) is 4.24. The molecule has 9 heteroatoms. The third-order valence-electron chi connectivity index (χ3n) is 3.69. The van der Waals surface area contributed by atoms with Crippen molar-refractivity contribution in [2.24, 2.45) is 0 Å². The van der Waals surface area contributed by atoms with Gasteiger partial charge in [-0.25, -0.2) is 4.79 Å². The Bertz CT molecular complexity index is 1230. The van der Waals surface area contributed by atoms with Gasteiger partial charge in [0.1, 0.15) is 11.1 Å². The van der Waals surface area contributed by atoms with Crippen LogP contribution in [-0.2, 0) is 0 Å². The zero-order chi connectivity index (χ0) is 19.0. The average molecular weight is 402 g/mol. The van der Waals surface area contributed by atoms with E-state index in [4.69, 9.17) is 32.0 Å². The molecule has 0 aliphatic carbocycles. The lowest BCUT2D eigenvalue weighted by molar-refractivity contribution is 0.102. The van der Waals surface area contributed by atoms with Crippen LogP contribution >= 0.6 is 23.2 Å². The molecule has 0 fully saturated rings. The highest BCUT2D eigenvalue weighted by molar-refractivity contribution is 6.36. The number of halogens is 2. The lowest BCUT2D eigenvalue weighted by atomic mass is 10.2. The van der Waals surface area contributed by atoms with Gasteiger partial charge in [0.05, 0.1) is 10.6 Å². The Balaban J connectivity index is 1.62. The van der Waals surface area contributed by atoms with Crippen LogP contribution in [0.1, 0.15) is 10.4 Å². The van der Waals surface area contributed by atoms with Crippen molar-refractivity contribution >= 4 is 46.1 Å². The maximum absolute atomic E-state index is 12.4. The standard InChI is InChI=1S/C18H9Cl2N3O4/c19-10-5-6-11(13(20)8-10)16-22-23-18(27-16)21-15(24)12-7-9-3-1-2-4-14(9)26-17(12)25/h1-8H,(H,21,23,24). The summed E-state index contributed by atoms with van der Waals surface area (Å²) in [6, 6.07) is 12.9. The molecule has 0 saturated heterocycles. The number of anilines is 1. The Kier molecular flexibility index (Phi) is 4.39. The van der Waals surface area contributed by atoms with Gasteiger partial charge in [-0.05, 0) is 30.3 Å². The molecule has 7 nitrogen and oxygen atoms in total. The summed E-state index contributed by atoms with van der Waals surface area (Å²) in [6.45, 7) is 0. The van der Waals surface area contributed by atoms with Crippen LogP contribution in [0.15, 0.2) is 62.2 Å². The van der Waals surface area contributed by atoms with Crippen LogP contribution in [0.5, 0.6) is 0 Å². The number of rotatable bonds is 3. The number of para-hydroxylation sites is 1. The van der Waals surface area contributed by atoms with E-state index in [0.29, 0.717) is 26.6 Å². The molecule has 4 rings (SSSR count). The van der Waals surface area contributed by atoms with E-state index in [0.717, 1.165) is 0 Å². The van der Waals surface area contributed by atoms with E-state index in [2.05, 4.69) is 15.5 Å². The molecule has 0 radical (unpaired) electrons. The number of nitrogens with zero attached hydrogens (tertiary/aromatic N) is 2. The predicted octanol–water partition coefficient (Wildman–Crippen LogP) is 4.40. The minimum Gasteiger partial charge on any atom is -0.422 e. The summed E-state index contributed by atoms with van der Waals surface area (Å²) < 4.78 is 10.5. The number of carbonyl (C=O) groups excluding carboxylic acids is 1. The Labute approximate surface area is 161 Å². The molecule has 0 spiro atoms. The Hall–Kier alpha value is -3.16. The molecule has 0 saturated carbocycles. The summed E-state index contributed by atoms with van der Waals surface area (Å²) in [5, 5.41) is 11.3. The molecule has 2 heterocycles. The van der Waals surface area contributed by atoms with Crippen molar-refractivity contribution in [2.75, 3.05) is 5.32 Å². The molecule has 134 valence electrons. The zero-order valence-corrected chi connectivity index (χ0v) is 14.9. The average Bonchev–Trinajstić information content (AvgIpc) is 3.09. The van der Waals surface area contributed by atoms with Crippen molar-refractivity contribution in [3.8, 4) is 11.5 Å². The molecule has 0 aliphatic heterocycles. The molecule has 0 atom stereocenters. The van der Waals surface area contributed by atoms with Crippen molar-refractivity contribution in [1.82, 2.24) is 10.2 Å². The second-order valence-corrected chi connectivity index (χ2v) is 6.32. The number of nitrogens with one attached hydrogen (secondary N) is 1. The number of carbonyl (C=O) groups is 1. The number of amides is 1. The molecular weight excluding hydrogens is 393 g/mol. The molecule has 4 aromatic rings. The van der Waals surface area contributed by atoms with Crippen LogP contribution in [0.25, 0.3) is 22.4 Å². The Morgan fingerprint density at radius 1 is 1.00 bits per heavy atom. The van der Waals surface area contributed by atoms with Crippen LogP contribution in [0.4, 0.5) is 6.01 Å². The molecule has 1 N–H and O–H groups in total. The summed E-state index contributed by atoms with van der Waals surface area (Å²) in [4.78, 5) is 24.4. The normalized spacial score (nSPS) is 10.9. The van der Waals surface area contributed by atoms with Gasteiger partial charge in [-0.3, -0.25) is 10.1 Å². The van der Waals surface area contributed by atoms with Crippen LogP contribution in [0.3, 0.4) is 0 Å². The van der Waals surface area contributed by atoms with E-state index in [9.17, 15) is 9.59 Å². The summed E-state index contributed by atoms with van der Waals surface area (Å²) in [5.74, 6) is -0.635. The van der Waals surface area contributed by atoms with E-state index in [1.165, 1.54) is 12.1 Å². The maximum Gasteiger partial charge on any atom is 0.349 e. The van der Waals surface area contributed by atoms with E-state index in [1.807, 2.05) is 0 Å². The first-order valence-electron chi connectivity index (χ1n) is 7.64. The van der Waals surface area contributed by atoms with Gasteiger partial charge in [0, 0.05) is 10.4 Å². The second kappa shape index (κ2) is 6.86. The summed E-state index contributed by atoms with van der Waals surface area (Å²) >= 11 is 12.0. The predicted molar refractivity (Wildman–Crippen MR) is 100 cm³/mol. The fourth-order valence-electron chi connectivity index (χ4n) is 2.43. The van der Waals surface area contributed by atoms with E-state index < -0.39 is 11.5 Å². The highest BCUT2D eigenvalue weighted by atomic mass is 35.5.